The maximum atomic E-state index is 12.3. The van der Waals surface area contributed by atoms with Gasteiger partial charge in [-0.1, -0.05) is 12.1 Å². The number of halogens is 4. The highest BCUT2D eigenvalue weighted by molar-refractivity contribution is 14.0. The highest BCUT2D eigenvalue weighted by Gasteiger charge is 2.32. The van der Waals surface area contributed by atoms with E-state index in [-0.39, 0.29) is 54.1 Å². The molecule has 1 unspecified atom stereocenters. The number of benzene rings is 1. The van der Waals surface area contributed by atoms with E-state index in [1.165, 1.54) is 18.2 Å². The predicted molar refractivity (Wildman–Crippen MR) is 94.4 cm³/mol. The lowest BCUT2D eigenvalue weighted by Crippen LogP contribution is -2.41. The smallest absolute Gasteiger partial charge is 0.404 e. The Morgan fingerprint density at radius 1 is 1.42 bits per heavy atom. The summed E-state index contributed by atoms with van der Waals surface area (Å²) in [5.74, 6) is -0.487. The molecule has 1 aliphatic rings. The number of amides is 1. The number of hydrogen-bond donors (Lipinski definition) is 3. The topological polar surface area (TPSA) is 88.7 Å². The van der Waals surface area contributed by atoms with Crippen LogP contribution in [0.3, 0.4) is 0 Å². The molecular weight excluding hydrogens is 440 g/mol. The Morgan fingerprint density at radius 2 is 2.12 bits per heavy atom. The Bertz CT molecular complexity index is 596. The molecule has 0 spiro atoms. The highest BCUT2D eigenvalue weighted by Crippen LogP contribution is 2.29. The number of piperidine rings is 1. The molecule has 6 nitrogen and oxygen atoms in total. The number of alkyl halides is 3. The van der Waals surface area contributed by atoms with Gasteiger partial charge in [-0.25, -0.2) is 0 Å². The number of nitrogens with two attached hydrogens (primary N) is 1. The average molecular weight is 458 g/mol. The number of carbonyl (C=O) groups excluding carboxylic acids is 1. The number of carbonyl (C=O) groups is 1. The van der Waals surface area contributed by atoms with Crippen LogP contribution in [0, 0.1) is 0 Å². The molecule has 0 aliphatic carbocycles. The van der Waals surface area contributed by atoms with Gasteiger partial charge in [0.2, 0.25) is 5.91 Å². The lowest BCUT2D eigenvalue weighted by atomic mass is 10.0. The van der Waals surface area contributed by atoms with E-state index in [0.717, 1.165) is 12.8 Å². The summed E-state index contributed by atoms with van der Waals surface area (Å²) in [6, 6.07) is 5.41. The van der Waals surface area contributed by atoms with Crippen molar-refractivity contribution in [2.24, 2.45) is 10.7 Å². The van der Waals surface area contributed by atoms with Crippen molar-refractivity contribution >= 4 is 41.5 Å². The summed E-state index contributed by atoms with van der Waals surface area (Å²) in [6.45, 7) is 0.257. The van der Waals surface area contributed by atoms with E-state index in [2.05, 4.69) is 20.4 Å². The largest absolute Gasteiger partial charge is 0.573 e. The molecule has 1 aromatic carbocycles. The van der Waals surface area contributed by atoms with Crippen molar-refractivity contribution in [3.63, 3.8) is 0 Å². The molecular formula is C14H18F3IN4O2. The molecule has 134 valence electrons. The molecule has 4 N–H and O–H groups in total. The van der Waals surface area contributed by atoms with Gasteiger partial charge in [0.05, 0.1) is 12.2 Å². The minimum absolute atomic E-state index is 0. The summed E-state index contributed by atoms with van der Waals surface area (Å²) >= 11 is 0. The number of nitrogens with zero attached hydrogens (tertiary/aromatic N) is 1. The standard InChI is InChI=1S/C14H17F3N4O2.HI/c15-14(16,17)23-11-6-2-1-5-10(11)21-13(18)19-8-9-4-3-7-12(22)20-9;/h1-2,5-6,9H,3-4,7-8H2,(H,20,22)(H3,18,19,21);1H. The molecule has 0 aromatic heterocycles. The summed E-state index contributed by atoms with van der Waals surface area (Å²) in [4.78, 5) is 15.3. The monoisotopic (exact) mass is 458 g/mol. The summed E-state index contributed by atoms with van der Waals surface area (Å²) in [7, 11) is 0. The van der Waals surface area contributed by atoms with Crippen molar-refractivity contribution in [2.45, 2.75) is 31.7 Å². The fourth-order valence-corrected chi connectivity index (χ4v) is 2.19. The molecule has 1 fully saturated rings. The molecule has 1 aromatic rings. The van der Waals surface area contributed by atoms with Gasteiger partial charge in [0.1, 0.15) is 0 Å². The second-order valence-corrected chi connectivity index (χ2v) is 5.05. The van der Waals surface area contributed by atoms with Gasteiger partial charge in [0, 0.05) is 12.5 Å². The van der Waals surface area contributed by atoms with Crippen LogP contribution in [0.2, 0.25) is 0 Å². The van der Waals surface area contributed by atoms with Crippen LogP contribution in [0.1, 0.15) is 19.3 Å². The van der Waals surface area contributed by atoms with Gasteiger partial charge in [-0.15, -0.1) is 37.1 Å². The second-order valence-electron chi connectivity index (χ2n) is 5.05. The van der Waals surface area contributed by atoms with Crippen molar-refractivity contribution in [2.75, 3.05) is 11.9 Å². The number of anilines is 1. The molecule has 0 bridgehead atoms. The number of guanidine groups is 1. The SMILES string of the molecule is I.NC(=NCC1CCCC(=O)N1)Nc1ccccc1OC(F)(F)F. The number of aliphatic imine (C=N–C) groups is 1. The third-order valence-corrected chi connectivity index (χ3v) is 3.18. The van der Waals surface area contributed by atoms with E-state index in [9.17, 15) is 18.0 Å². The van der Waals surface area contributed by atoms with E-state index >= 15 is 0 Å². The maximum Gasteiger partial charge on any atom is 0.573 e. The Balaban J connectivity index is 0.00000288. The van der Waals surface area contributed by atoms with Crippen LogP contribution in [0.5, 0.6) is 5.75 Å². The Hall–Kier alpha value is -1.72. The van der Waals surface area contributed by atoms with Crippen LogP contribution in [0.15, 0.2) is 29.3 Å². The zero-order valence-corrected chi connectivity index (χ0v) is 14.9. The Labute approximate surface area is 154 Å². The van der Waals surface area contributed by atoms with Crippen molar-refractivity contribution in [1.29, 1.82) is 0 Å². The first-order valence-electron chi connectivity index (χ1n) is 7.04. The van der Waals surface area contributed by atoms with Gasteiger partial charge in [-0.3, -0.25) is 9.79 Å². The summed E-state index contributed by atoms with van der Waals surface area (Å²) in [5, 5.41) is 5.35. The van der Waals surface area contributed by atoms with Gasteiger partial charge in [0.25, 0.3) is 0 Å². The minimum Gasteiger partial charge on any atom is -0.404 e. The van der Waals surface area contributed by atoms with E-state index in [1.54, 1.807) is 6.07 Å². The molecule has 1 atom stereocenters. The van der Waals surface area contributed by atoms with E-state index in [0.29, 0.717) is 6.42 Å². The van der Waals surface area contributed by atoms with Crippen LogP contribution < -0.4 is 21.1 Å². The van der Waals surface area contributed by atoms with Gasteiger partial charge in [0.15, 0.2) is 11.7 Å². The zero-order chi connectivity index (χ0) is 16.9. The molecule has 2 rings (SSSR count). The average Bonchev–Trinajstić information content (AvgIpc) is 2.46. The second kappa shape index (κ2) is 8.94. The quantitative estimate of drug-likeness (QED) is 0.368. The van der Waals surface area contributed by atoms with Crippen molar-refractivity contribution < 1.29 is 22.7 Å². The first-order valence-corrected chi connectivity index (χ1v) is 7.04. The summed E-state index contributed by atoms with van der Waals surface area (Å²) in [6.07, 6.45) is -2.73. The van der Waals surface area contributed by atoms with Crippen LogP contribution in [-0.2, 0) is 4.79 Å². The number of ether oxygens (including phenoxy) is 1. The maximum absolute atomic E-state index is 12.3. The lowest BCUT2D eigenvalue weighted by Gasteiger charge is -2.21. The summed E-state index contributed by atoms with van der Waals surface area (Å²) < 4.78 is 40.9. The highest BCUT2D eigenvalue weighted by atomic mass is 127. The van der Waals surface area contributed by atoms with E-state index in [4.69, 9.17) is 5.73 Å². The normalized spacial score (nSPS) is 18.4. The van der Waals surface area contributed by atoms with Crippen LogP contribution in [0.4, 0.5) is 18.9 Å². The van der Waals surface area contributed by atoms with Crippen molar-refractivity contribution in [1.82, 2.24) is 5.32 Å². The van der Waals surface area contributed by atoms with Crippen LogP contribution in [-0.4, -0.2) is 30.8 Å². The molecule has 0 saturated carbocycles. The van der Waals surface area contributed by atoms with Gasteiger partial charge in [-0.2, -0.15) is 0 Å². The minimum atomic E-state index is -4.80. The zero-order valence-electron chi connectivity index (χ0n) is 12.6. The number of para-hydroxylation sites is 2. The first kappa shape index (κ1) is 20.3. The summed E-state index contributed by atoms with van der Waals surface area (Å²) in [5.41, 5.74) is 5.73. The fourth-order valence-electron chi connectivity index (χ4n) is 2.19. The number of nitrogens with one attached hydrogen (secondary N) is 2. The van der Waals surface area contributed by atoms with Crippen molar-refractivity contribution in [3.05, 3.63) is 24.3 Å². The van der Waals surface area contributed by atoms with Crippen molar-refractivity contribution in [3.8, 4) is 5.75 Å². The number of hydrogen-bond acceptors (Lipinski definition) is 3. The van der Waals surface area contributed by atoms with Gasteiger partial charge < -0.3 is 21.1 Å². The van der Waals surface area contributed by atoms with E-state index < -0.39 is 12.1 Å². The molecule has 1 amide bonds. The lowest BCUT2D eigenvalue weighted by molar-refractivity contribution is -0.274. The number of rotatable bonds is 4. The van der Waals surface area contributed by atoms with Crippen LogP contribution >= 0.6 is 24.0 Å². The Kier molecular flexibility index (Phi) is 7.58. The molecule has 1 aliphatic heterocycles. The molecule has 0 radical (unpaired) electrons. The molecule has 24 heavy (non-hydrogen) atoms. The van der Waals surface area contributed by atoms with Gasteiger partial charge >= 0.3 is 6.36 Å². The molecule has 1 heterocycles. The predicted octanol–water partition coefficient (Wildman–Crippen LogP) is 2.60. The van der Waals surface area contributed by atoms with Gasteiger partial charge in [-0.05, 0) is 25.0 Å². The Morgan fingerprint density at radius 3 is 2.79 bits per heavy atom. The van der Waals surface area contributed by atoms with E-state index in [1.807, 2.05) is 0 Å². The third kappa shape index (κ3) is 6.81. The third-order valence-electron chi connectivity index (χ3n) is 3.18. The molecule has 1 saturated heterocycles. The fraction of sp³-hybridized carbons (Fsp3) is 0.429. The van der Waals surface area contributed by atoms with Crippen LogP contribution in [0.25, 0.3) is 0 Å². The first-order chi connectivity index (χ1) is 10.8. The molecule has 10 heteroatoms.